The maximum atomic E-state index is 12.1. The van der Waals surface area contributed by atoms with Crippen LogP contribution in [0.4, 0.5) is 0 Å². The first-order chi connectivity index (χ1) is 7.37. The van der Waals surface area contributed by atoms with Gasteiger partial charge in [-0.3, -0.25) is 9.59 Å². The second-order valence-electron chi connectivity index (χ2n) is 4.39. The van der Waals surface area contributed by atoms with Gasteiger partial charge in [-0.2, -0.15) is 0 Å². The lowest BCUT2D eigenvalue weighted by molar-refractivity contribution is 0.0975. The summed E-state index contributed by atoms with van der Waals surface area (Å²) in [4.78, 5) is 24.3. The molecule has 1 aliphatic rings. The predicted molar refractivity (Wildman–Crippen MR) is 61.9 cm³/mol. The van der Waals surface area contributed by atoms with Crippen molar-refractivity contribution in [3.63, 3.8) is 0 Å². The van der Waals surface area contributed by atoms with Crippen LogP contribution in [0.3, 0.4) is 0 Å². The lowest BCUT2D eigenvalue weighted by Crippen LogP contribution is -2.19. The van der Waals surface area contributed by atoms with Gasteiger partial charge < -0.3 is 4.57 Å². The third-order valence-electron chi connectivity index (χ3n) is 3.68. The van der Waals surface area contributed by atoms with Gasteiger partial charge in [-0.1, -0.05) is 0 Å². The molecule has 1 aliphatic carbocycles. The van der Waals surface area contributed by atoms with Crippen molar-refractivity contribution in [3.05, 3.63) is 33.7 Å². The highest BCUT2D eigenvalue weighted by Crippen LogP contribution is 2.31. The van der Waals surface area contributed by atoms with Gasteiger partial charge in [-0.25, -0.2) is 0 Å². The summed E-state index contributed by atoms with van der Waals surface area (Å²) >= 11 is 0. The topological polar surface area (TPSA) is 39.1 Å². The maximum absolute atomic E-state index is 12.1. The fraction of sp³-hybridized carbons (Fsp3) is 0.385. The standard InChI is InChI=1S/C13H15NO2/c1-6-7(2)13(16)11-9(4)14(5)8(3)10(11)12(6)15/h1-5H3. The van der Waals surface area contributed by atoms with E-state index in [1.807, 2.05) is 25.5 Å². The predicted octanol–water partition coefficient (Wildman–Crippen LogP) is 2.36. The number of ketones is 2. The minimum Gasteiger partial charge on any atom is -0.351 e. The number of nitrogens with zero attached hydrogens (tertiary/aromatic N) is 1. The van der Waals surface area contributed by atoms with Gasteiger partial charge in [0.1, 0.15) is 0 Å². The minimum atomic E-state index is -0.00620. The van der Waals surface area contributed by atoms with Crippen LogP contribution in [-0.4, -0.2) is 16.1 Å². The Morgan fingerprint density at radius 3 is 1.38 bits per heavy atom. The van der Waals surface area contributed by atoms with Crippen molar-refractivity contribution in [2.24, 2.45) is 7.05 Å². The third kappa shape index (κ3) is 1.08. The van der Waals surface area contributed by atoms with Crippen LogP contribution in [0.15, 0.2) is 11.1 Å². The Morgan fingerprint density at radius 2 is 1.06 bits per heavy atom. The molecule has 84 valence electrons. The first-order valence-corrected chi connectivity index (χ1v) is 5.30. The molecular weight excluding hydrogens is 202 g/mol. The Bertz CT molecular complexity index is 511. The van der Waals surface area contributed by atoms with Gasteiger partial charge in [0, 0.05) is 29.6 Å². The summed E-state index contributed by atoms with van der Waals surface area (Å²) in [6.07, 6.45) is 0. The van der Waals surface area contributed by atoms with Gasteiger partial charge in [-0.15, -0.1) is 0 Å². The molecule has 0 aromatic carbocycles. The summed E-state index contributed by atoms with van der Waals surface area (Å²) in [6, 6.07) is 0. The van der Waals surface area contributed by atoms with E-state index in [-0.39, 0.29) is 11.6 Å². The summed E-state index contributed by atoms with van der Waals surface area (Å²) in [5, 5.41) is 0. The molecule has 0 aliphatic heterocycles. The lowest BCUT2D eigenvalue weighted by Gasteiger charge is -2.14. The molecule has 0 bridgehead atoms. The van der Waals surface area contributed by atoms with E-state index in [1.165, 1.54) is 0 Å². The zero-order valence-corrected chi connectivity index (χ0v) is 10.3. The number of carbonyl (C=O) groups excluding carboxylic acids is 2. The van der Waals surface area contributed by atoms with E-state index in [4.69, 9.17) is 0 Å². The molecule has 1 aromatic rings. The molecule has 0 saturated heterocycles. The van der Waals surface area contributed by atoms with Gasteiger partial charge in [0.2, 0.25) is 0 Å². The van der Waals surface area contributed by atoms with E-state index in [9.17, 15) is 9.59 Å². The zero-order chi connectivity index (χ0) is 12.2. The van der Waals surface area contributed by atoms with Crippen LogP contribution >= 0.6 is 0 Å². The lowest BCUT2D eigenvalue weighted by atomic mass is 9.86. The van der Waals surface area contributed by atoms with Gasteiger partial charge in [0.05, 0.1) is 11.1 Å². The number of Topliss-reactive ketones (excluding diaryl/α,β-unsaturated/α-hetero) is 2. The molecule has 0 fully saturated rings. The summed E-state index contributed by atoms with van der Waals surface area (Å²) in [5.74, 6) is -0.0124. The summed E-state index contributed by atoms with van der Waals surface area (Å²) in [7, 11) is 1.88. The van der Waals surface area contributed by atoms with Crippen LogP contribution < -0.4 is 0 Å². The summed E-state index contributed by atoms with van der Waals surface area (Å²) in [6.45, 7) is 7.20. The molecule has 1 aromatic heterocycles. The Kier molecular flexibility index (Phi) is 2.15. The molecule has 0 saturated carbocycles. The van der Waals surface area contributed by atoms with Crippen molar-refractivity contribution in [2.45, 2.75) is 27.7 Å². The maximum Gasteiger partial charge on any atom is 0.191 e. The monoisotopic (exact) mass is 217 g/mol. The van der Waals surface area contributed by atoms with E-state index in [1.54, 1.807) is 13.8 Å². The first-order valence-electron chi connectivity index (χ1n) is 5.30. The molecule has 3 nitrogen and oxygen atoms in total. The van der Waals surface area contributed by atoms with E-state index >= 15 is 0 Å². The molecule has 0 N–H and O–H groups in total. The molecule has 0 atom stereocenters. The molecule has 3 heteroatoms. The number of hydrogen-bond donors (Lipinski definition) is 0. The molecule has 0 amide bonds. The van der Waals surface area contributed by atoms with Gasteiger partial charge in [0.15, 0.2) is 11.6 Å². The molecule has 2 rings (SSSR count). The van der Waals surface area contributed by atoms with Crippen LogP contribution in [-0.2, 0) is 7.05 Å². The molecule has 0 unspecified atom stereocenters. The van der Waals surface area contributed by atoms with Gasteiger partial charge in [-0.05, 0) is 27.7 Å². The minimum absolute atomic E-state index is 0.00620. The fourth-order valence-corrected chi connectivity index (χ4v) is 2.22. The number of carbonyl (C=O) groups is 2. The second-order valence-corrected chi connectivity index (χ2v) is 4.39. The van der Waals surface area contributed by atoms with Crippen LogP contribution in [0.2, 0.25) is 0 Å². The Balaban J connectivity index is 2.86. The normalized spacial score (nSPS) is 15.8. The number of hydrogen-bond acceptors (Lipinski definition) is 2. The largest absolute Gasteiger partial charge is 0.351 e. The van der Waals surface area contributed by atoms with Gasteiger partial charge >= 0.3 is 0 Å². The Hall–Kier alpha value is -1.64. The molecule has 0 radical (unpaired) electrons. The van der Waals surface area contributed by atoms with Crippen molar-refractivity contribution >= 4 is 11.6 Å². The zero-order valence-electron chi connectivity index (χ0n) is 10.3. The van der Waals surface area contributed by atoms with E-state index in [0.717, 1.165) is 11.4 Å². The highest BCUT2D eigenvalue weighted by molar-refractivity contribution is 6.27. The molecule has 16 heavy (non-hydrogen) atoms. The van der Waals surface area contributed by atoms with Crippen molar-refractivity contribution in [1.82, 2.24) is 4.57 Å². The van der Waals surface area contributed by atoms with Crippen LogP contribution in [0.25, 0.3) is 0 Å². The van der Waals surface area contributed by atoms with Gasteiger partial charge in [0.25, 0.3) is 0 Å². The van der Waals surface area contributed by atoms with Crippen molar-refractivity contribution in [3.8, 4) is 0 Å². The van der Waals surface area contributed by atoms with E-state index < -0.39 is 0 Å². The number of rotatable bonds is 0. The fourth-order valence-electron chi connectivity index (χ4n) is 2.22. The Morgan fingerprint density at radius 1 is 0.750 bits per heavy atom. The summed E-state index contributed by atoms with van der Waals surface area (Å²) in [5.41, 5.74) is 4.08. The van der Waals surface area contributed by atoms with E-state index in [2.05, 4.69) is 0 Å². The van der Waals surface area contributed by atoms with E-state index in [0.29, 0.717) is 22.3 Å². The molecular formula is C13H15NO2. The quantitative estimate of drug-likeness (QED) is 0.669. The highest BCUT2D eigenvalue weighted by atomic mass is 16.1. The molecule has 0 spiro atoms. The number of fused-ring (bicyclic) bond motifs is 1. The third-order valence-corrected chi connectivity index (χ3v) is 3.68. The first kappa shape index (κ1) is 10.9. The van der Waals surface area contributed by atoms with Crippen LogP contribution in [0, 0.1) is 13.8 Å². The molecule has 1 heterocycles. The number of allylic oxidation sites excluding steroid dienone is 2. The smallest absolute Gasteiger partial charge is 0.191 e. The average molecular weight is 217 g/mol. The van der Waals surface area contributed by atoms with Crippen LogP contribution in [0.5, 0.6) is 0 Å². The SMILES string of the molecule is CC1=C(C)C(=O)c2c(c(C)n(C)c2C)C1=O. The van der Waals surface area contributed by atoms with Crippen LogP contribution in [0.1, 0.15) is 46.0 Å². The second kappa shape index (κ2) is 3.17. The highest BCUT2D eigenvalue weighted by Gasteiger charge is 2.33. The van der Waals surface area contributed by atoms with Crippen molar-refractivity contribution in [2.75, 3.05) is 0 Å². The van der Waals surface area contributed by atoms with Crippen molar-refractivity contribution < 1.29 is 9.59 Å². The summed E-state index contributed by atoms with van der Waals surface area (Å²) < 4.78 is 1.91. The average Bonchev–Trinajstić information content (AvgIpc) is 2.48. The van der Waals surface area contributed by atoms with Crippen molar-refractivity contribution in [1.29, 1.82) is 0 Å². The Labute approximate surface area is 94.8 Å². The number of aromatic nitrogens is 1.